The highest BCUT2D eigenvalue weighted by molar-refractivity contribution is 7.14. The van der Waals surface area contributed by atoms with Crippen LogP contribution in [0, 0.1) is 0 Å². The third kappa shape index (κ3) is 5.02. The van der Waals surface area contributed by atoms with Crippen molar-refractivity contribution in [3.63, 3.8) is 0 Å². The Morgan fingerprint density at radius 2 is 1.59 bits per heavy atom. The average Bonchev–Trinajstić information content (AvgIpc) is 3.15. The lowest BCUT2D eigenvalue weighted by molar-refractivity contribution is 0.0691. The third-order valence-corrected chi connectivity index (χ3v) is 4.44. The summed E-state index contributed by atoms with van der Waals surface area (Å²) in [6, 6.07) is 19.4. The number of carboxylic acids is 1. The summed E-state index contributed by atoms with van der Waals surface area (Å²) in [4.78, 5) is 26.7. The van der Waals surface area contributed by atoms with Crippen LogP contribution in [0.4, 0.5) is 9.93 Å². The zero-order chi connectivity index (χ0) is 19.1. The molecule has 2 aromatic carbocycles. The number of thiazole rings is 1. The van der Waals surface area contributed by atoms with Crippen LogP contribution in [0.5, 0.6) is 0 Å². The summed E-state index contributed by atoms with van der Waals surface area (Å²) in [7, 11) is 0. The zero-order valence-corrected chi connectivity index (χ0v) is 15.1. The molecule has 6 nitrogen and oxygen atoms in total. The fraction of sp³-hybridized carbons (Fsp3) is 0.0500. The number of hydrogen-bond acceptors (Lipinski definition) is 4. The smallest absolute Gasteiger partial charge is 0.355 e. The second-order valence-electron chi connectivity index (χ2n) is 5.53. The first-order valence-corrected chi connectivity index (χ1v) is 9.06. The first-order valence-electron chi connectivity index (χ1n) is 8.18. The van der Waals surface area contributed by atoms with Gasteiger partial charge in [-0.1, -0.05) is 66.7 Å². The third-order valence-electron chi connectivity index (χ3n) is 3.68. The molecule has 3 aromatic rings. The highest BCUT2D eigenvalue weighted by Gasteiger charge is 2.10. The van der Waals surface area contributed by atoms with E-state index in [0.717, 1.165) is 28.0 Å². The molecule has 7 heteroatoms. The van der Waals surface area contributed by atoms with Crippen LogP contribution in [0.2, 0.25) is 0 Å². The SMILES string of the molecule is O=C(NCC=C(c1ccccc1)c1ccccc1)Nc1nc(C(=O)O)cs1. The van der Waals surface area contributed by atoms with Crippen molar-refractivity contribution < 1.29 is 14.7 Å². The van der Waals surface area contributed by atoms with Crippen LogP contribution in [0.1, 0.15) is 21.6 Å². The van der Waals surface area contributed by atoms with Gasteiger partial charge in [0.2, 0.25) is 0 Å². The fourth-order valence-corrected chi connectivity index (χ4v) is 3.13. The Labute approximate surface area is 160 Å². The fourth-order valence-electron chi connectivity index (χ4n) is 2.45. The van der Waals surface area contributed by atoms with Gasteiger partial charge in [-0.25, -0.2) is 14.6 Å². The standard InChI is InChI=1S/C20H17N3O3S/c24-18(25)17-13-27-20(22-17)23-19(26)21-12-11-16(14-7-3-1-4-8-14)15-9-5-2-6-10-15/h1-11,13H,12H2,(H,24,25)(H2,21,22,23,26). The van der Waals surface area contributed by atoms with Crippen molar-refractivity contribution in [3.05, 3.63) is 88.9 Å². The van der Waals surface area contributed by atoms with Gasteiger partial charge in [-0.3, -0.25) is 5.32 Å². The topological polar surface area (TPSA) is 91.3 Å². The molecule has 1 heterocycles. The minimum absolute atomic E-state index is 0.0920. The predicted molar refractivity (Wildman–Crippen MR) is 106 cm³/mol. The van der Waals surface area contributed by atoms with Gasteiger partial charge in [0.25, 0.3) is 0 Å². The number of carbonyl (C=O) groups is 2. The van der Waals surface area contributed by atoms with Gasteiger partial charge in [0.1, 0.15) is 0 Å². The zero-order valence-electron chi connectivity index (χ0n) is 14.3. The quantitative estimate of drug-likeness (QED) is 0.601. The number of rotatable bonds is 6. The Morgan fingerprint density at radius 1 is 1.00 bits per heavy atom. The molecule has 0 saturated carbocycles. The second-order valence-corrected chi connectivity index (χ2v) is 6.39. The largest absolute Gasteiger partial charge is 0.476 e. The predicted octanol–water partition coefficient (Wildman–Crippen LogP) is 4.09. The molecule has 0 aliphatic carbocycles. The van der Waals surface area contributed by atoms with E-state index in [1.54, 1.807) is 0 Å². The maximum absolute atomic E-state index is 12.0. The van der Waals surface area contributed by atoms with Crippen molar-refractivity contribution in [2.24, 2.45) is 0 Å². The monoisotopic (exact) mass is 379 g/mol. The molecule has 0 unspecified atom stereocenters. The molecular formula is C20H17N3O3S. The van der Waals surface area contributed by atoms with Crippen molar-refractivity contribution in [1.29, 1.82) is 0 Å². The Hall–Kier alpha value is -3.45. The summed E-state index contributed by atoms with van der Waals surface area (Å²) in [5.74, 6) is -1.13. The van der Waals surface area contributed by atoms with Crippen molar-refractivity contribution >= 4 is 34.0 Å². The van der Waals surface area contributed by atoms with E-state index >= 15 is 0 Å². The molecule has 0 spiro atoms. The van der Waals surface area contributed by atoms with Crippen molar-refractivity contribution in [3.8, 4) is 0 Å². The molecule has 0 fully saturated rings. The van der Waals surface area contributed by atoms with E-state index in [2.05, 4.69) is 15.6 Å². The highest BCUT2D eigenvalue weighted by atomic mass is 32.1. The van der Waals surface area contributed by atoms with E-state index in [0.29, 0.717) is 6.54 Å². The summed E-state index contributed by atoms with van der Waals surface area (Å²) in [6.45, 7) is 0.308. The molecule has 27 heavy (non-hydrogen) atoms. The van der Waals surface area contributed by atoms with E-state index in [9.17, 15) is 9.59 Å². The Balaban J connectivity index is 1.67. The van der Waals surface area contributed by atoms with Crippen LogP contribution in [0.25, 0.3) is 5.57 Å². The maximum Gasteiger partial charge on any atom is 0.355 e. The van der Waals surface area contributed by atoms with Gasteiger partial charge in [0.05, 0.1) is 0 Å². The number of amides is 2. The van der Waals surface area contributed by atoms with Crippen LogP contribution >= 0.6 is 11.3 Å². The van der Waals surface area contributed by atoms with Gasteiger partial charge >= 0.3 is 12.0 Å². The van der Waals surface area contributed by atoms with E-state index in [4.69, 9.17) is 5.11 Å². The molecule has 0 saturated heterocycles. The summed E-state index contributed by atoms with van der Waals surface area (Å²) < 4.78 is 0. The van der Waals surface area contributed by atoms with Crippen LogP contribution in [0.3, 0.4) is 0 Å². The van der Waals surface area contributed by atoms with Gasteiger partial charge in [0.15, 0.2) is 10.8 Å². The average molecular weight is 379 g/mol. The normalized spacial score (nSPS) is 10.1. The number of aromatic carboxylic acids is 1. The Morgan fingerprint density at radius 3 is 2.11 bits per heavy atom. The van der Waals surface area contributed by atoms with Crippen LogP contribution in [-0.2, 0) is 0 Å². The molecule has 1 aromatic heterocycles. The summed E-state index contributed by atoms with van der Waals surface area (Å²) >= 11 is 1.06. The Kier molecular flexibility index (Phi) is 5.96. The molecule has 0 radical (unpaired) electrons. The number of carbonyl (C=O) groups excluding carboxylic acids is 1. The number of carboxylic acid groups (broad SMARTS) is 1. The molecule has 2 amide bonds. The maximum atomic E-state index is 12.0. The first-order chi connectivity index (χ1) is 13.1. The molecule has 3 N–H and O–H groups in total. The highest BCUT2D eigenvalue weighted by Crippen LogP contribution is 2.22. The number of urea groups is 1. The first kappa shape index (κ1) is 18.3. The molecule has 0 aliphatic heterocycles. The van der Waals surface area contributed by atoms with Crippen molar-refractivity contribution in [2.75, 3.05) is 11.9 Å². The van der Waals surface area contributed by atoms with Gasteiger partial charge in [-0.2, -0.15) is 0 Å². The van der Waals surface area contributed by atoms with Gasteiger partial charge in [0, 0.05) is 11.9 Å². The van der Waals surface area contributed by atoms with E-state index in [1.165, 1.54) is 5.38 Å². The number of hydrogen-bond donors (Lipinski definition) is 3. The number of benzene rings is 2. The second kappa shape index (κ2) is 8.77. The molecule has 3 rings (SSSR count). The minimum atomic E-state index is -1.13. The number of nitrogens with one attached hydrogen (secondary N) is 2. The summed E-state index contributed by atoms with van der Waals surface area (Å²) in [5.41, 5.74) is 3.03. The van der Waals surface area contributed by atoms with Crippen LogP contribution < -0.4 is 10.6 Å². The number of aromatic nitrogens is 1. The van der Waals surface area contributed by atoms with E-state index < -0.39 is 12.0 Å². The number of nitrogens with zero attached hydrogens (tertiary/aromatic N) is 1. The minimum Gasteiger partial charge on any atom is -0.476 e. The lowest BCUT2D eigenvalue weighted by atomic mass is 9.98. The molecule has 0 aliphatic rings. The molecule has 136 valence electrons. The van der Waals surface area contributed by atoms with Crippen LogP contribution in [0.15, 0.2) is 72.1 Å². The van der Waals surface area contributed by atoms with E-state index in [1.807, 2.05) is 66.7 Å². The van der Waals surface area contributed by atoms with Crippen molar-refractivity contribution in [2.45, 2.75) is 0 Å². The van der Waals surface area contributed by atoms with Crippen LogP contribution in [-0.4, -0.2) is 28.6 Å². The lowest BCUT2D eigenvalue weighted by Gasteiger charge is -2.09. The molecule has 0 bridgehead atoms. The van der Waals surface area contributed by atoms with Gasteiger partial charge in [-0.05, 0) is 16.7 Å². The molecular weight excluding hydrogens is 362 g/mol. The van der Waals surface area contributed by atoms with Crippen molar-refractivity contribution in [1.82, 2.24) is 10.3 Å². The summed E-state index contributed by atoms with van der Waals surface area (Å²) in [5, 5.41) is 15.7. The lowest BCUT2D eigenvalue weighted by Crippen LogP contribution is -2.28. The van der Waals surface area contributed by atoms with Gasteiger partial charge in [-0.15, -0.1) is 11.3 Å². The molecule has 0 atom stereocenters. The number of anilines is 1. The van der Waals surface area contributed by atoms with E-state index in [-0.39, 0.29) is 10.8 Å². The van der Waals surface area contributed by atoms with Gasteiger partial charge < -0.3 is 10.4 Å². The summed E-state index contributed by atoms with van der Waals surface area (Å²) in [6.07, 6.45) is 1.94. The Bertz CT molecular complexity index is 911.